The predicted molar refractivity (Wildman–Crippen MR) is 137 cm³/mol. The quantitative estimate of drug-likeness (QED) is 0.585. The number of esters is 1. The normalized spacial score (nSPS) is 17.7. The van der Waals surface area contributed by atoms with Crippen molar-refractivity contribution in [3.05, 3.63) is 36.0 Å². The van der Waals surface area contributed by atoms with Crippen LogP contribution in [0.4, 0.5) is 11.6 Å². The van der Waals surface area contributed by atoms with Crippen LogP contribution in [-0.4, -0.2) is 46.6 Å². The summed E-state index contributed by atoms with van der Waals surface area (Å²) in [5.74, 6) is 0.746. The minimum atomic E-state index is -0.492. The SMILES string of the molecule is CC(C)(C)OC(=O)C1CCN(c2cc(C(N)=O)cc(-c3ccnc(NC4CCCCC4)c3)n2)CC1. The molecule has 1 aliphatic heterocycles. The summed E-state index contributed by atoms with van der Waals surface area (Å²) in [5, 5.41) is 3.55. The smallest absolute Gasteiger partial charge is 0.309 e. The maximum atomic E-state index is 12.5. The summed E-state index contributed by atoms with van der Waals surface area (Å²) < 4.78 is 5.57. The summed E-state index contributed by atoms with van der Waals surface area (Å²) >= 11 is 0. The van der Waals surface area contributed by atoms with E-state index in [0.717, 1.165) is 24.2 Å². The minimum absolute atomic E-state index is 0.127. The Morgan fingerprint density at radius 1 is 1.06 bits per heavy atom. The lowest BCUT2D eigenvalue weighted by atomic mass is 9.95. The minimum Gasteiger partial charge on any atom is -0.460 e. The van der Waals surface area contributed by atoms with Crippen molar-refractivity contribution >= 4 is 23.5 Å². The van der Waals surface area contributed by atoms with Crippen molar-refractivity contribution in [2.24, 2.45) is 11.7 Å². The van der Waals surface area contributed by atoms with Crippen LogP contribution in [0.15, 0.2) is 30.5 Å². The molecule has 2 aromatic heterocycles. The van der Waals surface area contributed by atoms with Gasteiger partial charge in [-0.25, -0.2) is 9.97 Å². The van der Waals surface area contributed by atoms with Gasteiger partial charge in [0.1, 0.15) is 17.2 Å². The van der Waals surface area contributed by atoms with E-state index in [1.54, 1.807) is 18.3 Å². The second-order valence-corrected chi connectivity index (χ2v) is 10.7. The fourth-order valence-electron chi connectivity index (χ4n) is 4.82. The number of carbonyl (C=O) groups excluding carboxylic acids is 2. The number of pyridine rings is 2. The second kappa shape index (κ2) is 10.6. The third kappa shape index (κ3) is 6.71. The molecule has 0 radical (unpaired) electrons. The van der Waals surface area contributed by atoms with Gasteiger partial charge in [-0.2, -0.15) is 0 Å². The predicted octanol–water partition coefficient (Wildman–Crippen LogP) is 4.55. The molecule has 8 heteroatoms. The summed E-state index contributed by atoms with van der Waals surface area (Å²) in [4.78, 5) is 36.1. The van der Waals surface area contributed by atoms with Crippen LogP contribution in [0.25, 0.3) is 11.3 Å². The molecule has 188 valence electrons. The number of primary amides is 1. The third-order valence-electron chi connectivity index (χ3n) is 6.67. The first kappa shape index (κ1) is 24.9. The average molecular weight is 480 g/mol. The first-order chi connectivity index (χ1) is 16.7. The molecule has 3 heterocycles. The summed E-state index contributed by atoms with van der Waals surface area (Å²) in [6.45, 7) is 6.97. The molecule has 8 nitrogen and oxygen atoms in total. The Labute approximate surface area is 207 Å². The topological polar surface area (TPSA) is 110 Å². The molecule has 1 aliphatic carbocycles. The zero-order valence-corrected chi connectivity index (χ0v) is 21.0. The van der Waals surface area contributed by atoms with E-state index in [-0.39, 0.29) is 11.9 Å². The summed E-state index contributed by atoms with van der Waals surface area (Å²) in [5.41, 5.74) is 7.15. The van der Waals surface area contributed by atoms with E-state index in [9.17, 15) is 9.59 Å². The molecule has 3 N–H and O–H groups in total. The molecule has 4 rings (SSSR count). The standard InChI is InChI=1S/C27H37N5O3/c1-27(2,3)35-26(34)18-10-13-32(14-11-18)24-17-20(25(28)33)15-22(31-24)19-9-12-29-23(16-19)30-21-7-5-4-6-8-21/h9,12,15-18,21H,4-8,10-11,13-14H2,1-3H3,(H2,28,33)(H,29,30). The van der Waals surface area contributed by atoms with E-state index in [4.69, 9.17) is 15.5 Å². The number of nitrogens with zero attached hydrogens (tertiary/aromatic N) is 3. The number of aromatic nitrogens is 2. The highest BCUT2D eigenvalue weighted by Gasteiger charge is 2.30. The van der Waals surface area contributed by atoms with Gasteiger partial charge in [0, 0.05) is 36.5 Å². The maximum Gasteiger partial charge on any atom is 0.309 e. The van der Waals surface area contributed by atoms with Gasteiger partial charge in [0.25, 0.3) is 0 Å². The van der Waals surface area contributed by atoms with E-state index in [0.29, 0.717) is 49.0 Å². The van der Waals surface area contributed by atoms with Crippen LogP contribution in [0.5, 0.6) is 0 Å². The Balaban J connectivity index is 1.51. The molecule has 2 aromatic rings. The molecule has 1 amide bonds. The van der Waals surface area contributed by atoms with E-state index < -0.39 is 11.5 Å². The van der Waals surface area contributed by atoms with Crippen molar-refractivity contribution in [1.29, 1.82) is 0 Å². The highest BCUT2D eigenvalue weighted by atomic mass is 16.6. The van der Waals surface area contributed by atoms with Crippen LogP contribution in [0.1, 0.15) is 76.1 Å². The first-order valence-corrected chi connectivity index (χ1v) is 12.7. The molecule has 0 atom stereocenters. The Morgan fingerprint density at radius 2 is 1.77 bits per heavy atom. The monoisotopic (exact) mass is 479 g/mol. The van der Waals surface area contributed by atoms with E-state index >= 15 is 0 Å². The van der Waals surface area contributed by atoms with Gasteiger partial charge in [-0.3, -0.25) is 9.59 Å². The molecular weight excluding hydrogens is 442 g/mol. The number of rotatable bonds is 6. The zero-order chi connectivity index (χ0) is 25.0. The van der Waals surface area contributed by atoms with Gasteiger partial charge in [0.05, 0.1) is 11.6 Å². The van der Waals surface area contributed by atoms with Gasteiger partial charge in [0.15, 0.2) is 0 Å². The fraction of sp³-hybridized carbons (Fsp3) is 0.556. The second-order valence-electron chi connectivity index (χ2n) is 10.7. The Morgan fingerprint density at radius 3 is 2.43 bits per heavy atom. The van der Waals surface area contributed by atoms with Crippen LogP contribution in [0.3, 0.4) is 0 Å². The molecule has 1 saturated heterocycles. The van der Waals surface area contributed by atoms with Gasteiger partial charge < -0.3 is 20.7 Å². The molecule has 1 saturated carbocycles. The van der Waals surface area contributed by atoms with E-state index in [1.165, 1.54) is 19.3 Å². The molecular formula is C27H37N5O3. The number of anilines is 2. The number of nitrogens with two attached hydrogens (primary N) is 1. The van der Waals surface area contributed by atoms with Crippen LogP contribution in [0.2, 0.25) is 0 Å². The highest BCUT2D eigenvalue weighted by molar-refractivity contribution is 5.94. The van der Waals surface area contributed by atoms with Crippen molar-refractivity contribution in [2.45, 2.75) is 77.4 Å². The molecule has 0 unspecified atom stereocenters. The van der Waals surface area contributed by atoms with Gasteiger partial charge >= 0.3 is 5.97 Å². The molecule has 2 aliphatic rings. The van der Waals surface area contributed by atoms with Crippen LogP contribution in [-0.2, 0) is 9.53 Å². The molecule has 0 bridgehead atoms. The van der Waals surface area contributed by atoms with Crippen molar-refractivity contribution < 1.29 is 14.3 Å². The van der Waals surface area contributed by atoms with E-state index in [2.05, 4.69) is 15.2 Å². The van der Waals surface area contributed by atoms with Crippen molar-refractivity contribution in [3.63, 3.8) is 0 Å². The Bertz CT molecular complexity index is 1050. The van der Waals surface area contributed by atoms with Gasteiger partial charge in [-0.15, -0.1) is 0 Å². The molecule has 35 heavy (non-hydrogen) atoms. The average Bonchev–Trinajstić information content (AvgIpc) is 2.83. The summed E-state index contributed by atoms with van der Waals surface area (Å²) in [6.07, 6.45) is 9.23. The largest absolute Gasteiger partial charge is 0.460 e. The number of hydrogen-bond donors (Lipinski definition) is 2. The van der Waals surface area contributed by atoms with Crippen molar-refractivity contribution in [2.75, 3.05) is 23.3 Å². The summed E-state index contributed by atoms with van der Waals surface area (Å²) in [6, 6.07) is 7.80. The zero-order valence-electron chi connectivity index (χ0n) is 21.0. The van der Waals surface area contributed by atoms with Crippen LogP contribution < -0.4 is 16.0 Å². The van der Waals surface area contributed by atoms with Crippen LogP contribution in [0, 0.1) is 5.92 Å². The molecule has 0 spiro atoms. The Kier molecular flexibility index (Phi) is 7.57. The van der Waals surface area contributed by atoms with Gasteiger partial charge in [0.2, 0.25) is 5.91 Å². The highest BCUT2D eigenvalue weighted by Crippen LogP contribution is 2.29. The lowest BCUT2D eigenvalue weighted by Crippen LogP contribution is -2.39. The third-order valence-corrected chi connectivity index (χ3v) is 6.67. The number of piperidine rings is 1. The number of amides is 1. The van der Waals surface area contributed by atoms with Crippen molar-refractivity contribution in [1.82, 2.24) is 9.97 Å². The first-order valence-electron chi connectivity index (χ1n) is 12.7. The lowest BCUT2D eigenvalue weighted by Gasteiger charge is -2.33. The molecule has 2 fully saturated rings. The maximum absolute atomic E-state index is 12.5. The Hall–Kier alpha value is -3.16. The number of hydrogen-bond acceptors (Lipinski definition) is 7. The summed E-state index contributed by atoms with van der Waals surface area (Å²) in [7, 11) is 0. The fourth-order valence-corrected chi connectivity index (χ4v) is 4.82. The molecule has 0 aromatic carbocycles. The van der Waals surface area contributed by atoms with Crippen molar-refractivity contribution in [3.8, 4) is 11.3 Å². The van der Waals surface area contributed by atoms with Gasteiger partial charge in [-0.05, 0) is 70.7 Å². The number of carbonyl (C=O) groups is 2. The lowest BCUT2D eigenvalue weighted by molar-refractivity contribution is -0.160. The van der Waals surface area contributed by atoms with E-state index in [1.807, 2.05) is 32.9 Å². The number of nitrogens with one attached hydrogen (secondary N) is 1. The number of ether oxygens (including phenoxy) is 1. The van der Waals surface area contributed by atoms with Crippen LogP contribution >= 0.6 is 0 Å². The van der Waals surface area contributed by atoms with Gasteiger partial charge in [-0.1, -0.05) is 19.3 Å².